The number of hydrogen-bond donors (Lipinski definition) is 0. The van der Waals surface area contributed by atoms with Gasteiger partial charge < -0.3 is 0 Å². The van der Waals surface area contributed by atoms with Gasteiger partial charge in [0.1, 0.15) is 0 Å². The van der Waals surface area contributed by atoms with Crippen LogP contribution in [0.15, 0.2) is 46.2 Å². The lowest BCUT2D eigenvalue weighted by Gasteiger charge is -2.07. The van der Waals surface area contributed by atoms with Gasteiger partial charge in [0.15, 0.2) is 0 Å². The maximum atomic E-state index is 11.2. The Labute approximate surface area is 125 Å². The fraction of sp³-hybridized carbons (Fsp3) is 0.143. The fourth-order valence-electron chi connectivity index (χ4n) is 2.02. The van der Waals surface area contributed by atoms with Gasteiger partial charge in [0, 0.05) is 11.1 Å². The summed E-state index contributed by atoms with van der Waals surface area (Å²) >= 11 is 1.04. The van der Waals surface area contributed by atoms with E-state index in [1.807, 2.05) is 0 Å². The Morgan fingerprint density at radius 2 is 1.19 bits per heavy atom. The average molecular weight is 304 g/mol. The molecule has 7 heteroatoms. The van der Waals surface area contributed by atoms with Gasteiger partial charge in [-0.1, -0.05) is 36.0 Å². The van der Waals surface area contributed by atoms with Crippen LogP contribution in [0.5, 0.6) is 0 Å². The molecule has 0 amide bonds. The number of hydrogen-bond acceptors (Lipinski definition) is 5. The molecule has 0 aliphatic rings. The number of aryl methyl sites for hydroxylation is 2. The topological polar surface area (TPSA) is 86.3 Å². The van der Waals surface area contributed by atoms with Gasteiger partial charge in [-0.05, 0) is 26.0 Å². The van der Waals surface area contributed by atoms with E-state index in [0.717, 1.165) is 11.8 Å². The van der Waals surface area contributed by atoms with Crippen LogP contribution in [0.3, 0.4) is 0 Å². The highest BCUT2D eigenvalue weighted by Crippen LogP contribution is 2.41. The van der Waals surface area contributed by atoms with Crippen LogP contribution in [0.1, 0.15) is 11.1 Å². The van der Waals surface area contributed by atoms with Crippen molar-refractivity contribution in [1.29, 1.82) is 0 Å². The number of nitro groups is 2. The van der Waals surface area contributed by atoms with Crippen molar-refractivity contribution < 1.29 is 9.85 Å². The Hall–Kier alpha value is -2.41. The third-order valence-electron chi connectivity index (χ3n) is 2.99. The molecule has 2 aromatic carbocycles. The highest BCUT2D eigenvalue weighted by atomic mass is 32.2. The number of benzene rings is 2. The first-order chi connectivity index (χ1) is 9.91. The Kier molecular flexibility index (Phi) is 4.23. The van der Waals surface area contributed by atoms with Crippen molar-refractivity contribution in [3.05, 3.63) is 67.8 Å². The molecule has 0 aliphatic carbocycles. The van der Waals surface area contributed by atoms with Gasteiger partial charge in [0.05, 0.1) is 19.6 Å². The number of nitrogens with zero attached hydrogens (tertiary/aromatic N) is 2. The standard InChI is InChI=1S/C14H12N2O4S/c1-9-5-3-7-11(13(9)15(17)18)21-12-8-4-6-10(2)14(12)16(19)20/h3-8H,1-2H3. The molecule has 0 aliphatic heterocycles. The first-order valence-corrected chi connectivity index (χ1v) is 6.89. The lowest BCUT2D eigenvalue weighted by atomic mass is 10.2. The van der Waals surface area contributed by atoms with Crippen LogP contribution in [0.2, 0.25) is 0 Å². The molecule has 2 aromatic rings. The molecule has 0 saturated heterocycles. The van der Waals surface area contributed by atoms with E-state index in [1.54, 1.807) is 50.2 Å². The first kappa shape index (κ1) is 15.0. The van der Waals surface area contributed by atoms with Crippen molar-refractivity contribution in [2.75, 3.05) is 0 Å². The molecular weight excluding hydrogens is 292 g/mol. The second kappa shape index (κ2) is 5.92. The normalized spacial score (nSPS) is 10.4. The third kappa shape index (κ3) is 3.03. The number of rotatable bonds is 4. The SMILES string of the molecule is Cc1cccc(Sc2cccc(C)c2[N+](=O)[O-])c1[N+](=O)[O-]. The zero-order valence-electron chi connectivity index (χ0n) is 11.4. The summed E-state index contributed by atoms with van der Waals surface area (Å²) < 4.78 is 0. The average Bonchev–Trinajstić information content (AvgIpc) is 2.37. The Morgan fingerprint density at radius 1 is 0.810 bits per heavy atom. The van der Waals surface area contributed by atoms with Crippen LogP contribution < -0.4 is 0 Å². The number of para-hydroxylation sites is 2. The summed E-state index contributed by atoms with van der Waals surface area (Å²) in [6.45, 7) is 3.29. The van der Waals surface area contributed by atoms with Crippen LogP contribution in [-0.2, 0) is 0 Å². The van der Waals surface area contributed by atoms with E-state index in [0.29, 0.717) is 20.9 Å². The lowest BCUT2D eigenvalue weighted by Crippen LogP contribution is -1.96. The van der Waals surface area contributed by atoms with Crippen LogP contribution in [0.4, 0.5) is 11.4 Å². The minimum atomic E-state index is -0.459. The highest BCUT2D eigenvalue weighted by molar-refractivity contribution is 7.99. The second-order valence-electron chi connectivity index (χ2n) is 4.46. The summed E-state index contributed by atoms with van der Waals surface area (Å²) in [6.07, 6.45) is 0. The molecule has 0 fully saturated rings. The smallest absolute Gasteiger partial charge is 0.258 e. The van der Waals surface area contributed by atoms with Crippen LogP contribution >= 0.6 is 11.8 Å². The minimum Gasteiger partial charge on any atom is -0.258 e. The van der Waals surface area contributed by atoms with Crippen molar-refractivity contribution in [3.63, 3.8) is 0 Å². The Morgan fingerprint density at radius 3 is 1.52 bits per heavy atom. The molecule has 0 bridgehead atoms. The van der Waals surface area contributed by atoms with Gasteiger partial charge >= 0.3 is 0 Å². The predicted octanol–water partition coefficient (Wildman–Crippen LogP) is 4.27. The van der Waals surface area contributed by atoms with Gasteiger partial charge in [0.2, 0.25) is 0 Å². The summed E-state index contributed by atoms with van der Waals surface area (Å²) in [5.41, 5.74) is 1.03. The largest absolute Gasteiger partial charge is 0.286 e. The molecule has 108 valence electrons. The van der Waals surface area contributed by atoms with Crippen molar-refractivity contribution in [2.24, 2.45) is 0 Å². The molecule has 0 atom stereocenters. The molecule has 0 N–H and O–H groups in total. The maximum Gasteiger partial charge on any atom is 0.286 e. The van der Waals surface area contributed by atoms with E-state index < -0.39 is 9.85 Å². The molecule has 0 radical (unpaired) electrons. The predicted molar refractivity (Wildman–Crippen MR) is 79.8 cm³/mol. The van der Waals surface area contributed by atoms with Gasteiger partial charge in [-0.25, -0.2) is 0 Å². The molecule has 0 aromatic heterocycles. The van der Waals surface area contributed by atoms with E-state index in [1.165, 1.54) is 0 Å². The lowest BCUT2D eigenvalue weighted by molar-refractivity contribution is -0.388. The second-order valence-corrected chi connectivity index (χ2v) is 5.54. The van der Waals surface area contributed by atoms with Gasteiger partial charge in [0.25, 0.3) is 11.4 Å². The minimum absolute atomic E-state index is 0.0155. The summed E-state index contributed by atoms with van der Waals surface area (Å²) in [5, 5.41) is 22.4. The molecule has 6 nitrogen and oxygen atoms in total. The highest BCUT2D eigenvalue weighted by Gasteiger charge is 2.22. The van der Waals surface area contributed by atoms with E-state index in [-0.39, 0.29) is 11.4 Å². The zero-order valence-corrected chi connectivity index (χ0v) is 12.2. The van der Waals surface area contributed by atoms with Crippen molar-refractivity contribution in [2.45, 2.75) is 23.6 Å². The van der Waals surface area contributed by atoms with Crippen molar-refractivity contribution >= 4 is 23.1 Å². The van der Waals surface area contributed by atoms with Crippen LogP contribution in [0, 0.1) is 34.1 Å². The van der Waals surface area contributed by atoms with E-state index in [2.05, 4.69) is 0 Å². The van der Waals surface area contributed by atoms with E-state index in [9.17, 15) is 20.2 Å². The third-order valence-corrected chi connectivity index (χ3v) is 4.09. The molecule has 0 saturated carbocycles. The van der Waals surface area contributed by atoms with Gasteiger partial charge in [-0.3, -0.25) is 20.2 Å². The van der Waals surface area contributed by atoms with Crippen molar-refractivity contribution in [1.82, 2.24) is 0 Å². The maximum absolute atomic E-state index is 11.2. The Bertz CT molecular complexity index is 669. The molecule has 0 spiro atoms. The number of nitro benzene ring substituents is 2. The van der Waals surface area contributed by atoms with Crippen molar-refractivity contribution in [3.8, 4) is 0 Å². The summed E-state index contributed by atoms with van der Waals surface area (Å²) in [5.74, 6) is 0. The van der Waals surface area contributed by atoms with Gasteiger partial charge in [-0.2, -0.15) is 0 Å². The molecular formula is C14H12N2O4S. The quantitative estimate of drug-likeness (QED) is 0.621. The van der Waals surface area contributed by atoms with Gasteiger partial charge in [-0.15, -0.1) is 0 Å². The fourth-order valence-corrected chi connectivity index (χ4v) is 3.21. The molecule has 0 unspecified atom stereocenters. The zero-order chi connectivity index (χ0) is 15.6. The summed E-state index contributed by atoms with van der Waals surface area (Å²) in [7, 11) is 0. The van der Waals surface area contributed by atoms with E-state index in [4.69, 9.17) is 0 Å². The summed E-state index contributed by atoms with van der Waals surface area (Å²) in [4.78, 5) is 22.2. The Balaban J connectivity index is 2.54. The van der Waals surface area contributed by atoms with E-state index >= 15 is 0 Å². The first-order valence-electron chi connectivity index (χ1n) is 6.07. The summed E-state index contributed by atoms with van der Waals surface area (Å²) in [6, 6.07) is 9.89. The molecule has 0 heterocycles. The molecule has 21 heavy (non-hydrogen) atoms. The van der Waals surface area contributed by atoms with Crippen LogP contribution in [0.25, 0.3) is 0 Å². The monoisotopic (exact) mass is 304 g/mol. The van der Waals surface area contributed by atoms with Crippen LogP contribution in [-0.4, -0.2) is 9.85 Å². The molecule has 2 rings (SSSR count).